The Hall–Kier alpha value is -2.49. The van der Waals surface area contributed by atoms with E-state index >= 15 is 0 Å². The van der Waals surface area contributed by atoms with Gasteiger partial charge < -0.3 is 4.90 Å². The van der Waals surface area contributed by atoms with E-state index in [0.29, 0.717) is 0 Å². The van der Waals surface area contributed by atoms with Crippen molar-refractivity contribution in [1.29, 1.82) is 0 Å². The third kappa shape index (κ3) is 5.90. The SMILES string of the molecule is O=C(CCc1ccc(N2CCC(c3cc(Cl)cc(Cl)c3)(C(F)(F)F)C2)cc1C(F)(F)F)c1ccc(Cl)nc1. The lowest BCUT2D eigenvalue weighted by atomic mass is 9.79. The first kappa shape index (κ1) is 28.5. The monoisotopic (exact) mass is 594 g/mol. The van der Waals surface area contributed by atoms with E-state index in [-0.39, 0.29) is 63.4 Å². The van der Waals surface area contributed by atoms with E-state index in [9.17, 15) is 31.1 Å². The van der Waals surface area contributed by atoms with E-state index in [2.05, 4.69) is 4.98 Å². The highest BCUT2D eigenvalue weighted by molar-refractivity contribution is 6.34. The molecule has 4 rings (SSSR count). The number of anilines is 1. The molecule has 2 heterocycles. The van der Waals surface area contributed by atoms with Crippen LogP contribution in [-0.4, -0.2) is 30.0 Å². The topological polar surface area (TPSA) is 33.2 Å². The van der Waals surface area contributed by atoms with Crippen LogP contribution in [0.3, 0.4) is 0 Å². The molecule has 202 valence electrons. The maximum absolute atomic E-state index is 14.4. The molecule has 1 aromatic heterocycles. The Kier molecular flexibility index (Phi) is 7.94. The summed E-state index contributed by atoms with van der Waals surface area (Å²) in [7, 11) is 0. The van der Waals surface area contributed by atoms with Gasteiger partial charge in [0.25, 0.3) is 0 Å². The Balaban J connectivity index is 1.61. The number of benzene rings is 2. The minimum atomic E-state index is -4.78. The fraction of sp³-hybridized carbons (Fsp3) is 0.308. The average Bonchev–Trinajstić information content (AvgIpc) is 3.29. The van der Waals surface area contributed by atoms with Crippen molar-refractivity contribution in [2.45, 2.75) is 37.0 Å². The molecule has 0 radical (unpaired) electrons. The Bertz CT molecular complexity index is 1320. The van der Waals surface area contributed by atoms with E-state index in [1.807, 2.05) is 0 Å². The van der Waals surface area contributed by atoms with Gasteiger partial charge in [0.2, 0.25) is 0 Å². The highest BCUT2D eigenvalue weighted by atomic mass is 35.5. The van der Waals surface area contributed by atoms with E-state index in [4.69, 9.17) is 34.8 Å². The lowest BCUT2D eigenvalue weighted by molar-refractivity contribution is -0.184. The molecular formula is C26H19Cl3F6N2O. The average molecular weight is 596 g/mol. The van der Waals surface area contributed by atoms with Gasteiger partial charge in [-0.05, 0) is 66.4 Å². The number of aryl methyl sites for hydroxylation is 1. The molecule has 1 aliphatic rings. The molecule has 38 heavy (non-hydrogen) atoms. The summed E-state index contributed by atoms with van der Waals surface area (Å²) < 4.78 is 85.1. The molecule has 0 N–H and O–H groups in total. The summed E-state index contributed by atoms with van der Waals surface area (Å²) in [6.45, 7) is -0.742. The summed E-state index contributed by atoms with van der Waals surface area (Å²) in [6.07, 6.45) is -9.07. The second kappa shape index (κ2) is 10.6. The zero-order valence-electron chi connectivity index (χ0n) is 19.4. The molecular weight excluding hydrogens is 577 g/mol. The molecule has 0 bridgehead atoms. The van der Waals surface area contributed by atoms with Gasteiger partial charge in [0.1, 0.15) is 10.6 Å². The zero-order valence-corrected chi connectivity index (χ0v) is 21.7. The number of carbonyl (C=O) groups excluding carboxylic acids is 1. The number of rotatable bonds is 6. The van der Waals surface area contributed by atoms with Crippen LogP contribution in [0.15, 0.2) is 54.7 Å². The largest absolute Gasteiger partial charge is 0.416 e. The first-order valence-corrected chi connectivity index (χ1v) is 12.5. The molecule has 1 unspecified atom stereocenters. The fourth-order valence-electron chi connectivity index (χ4n) is 4.67. The molecule has 1 aliphatic heterocycles. The van der Waals surface area contributed by atoms with E-state index in [1.165, 1.54) is 53.6 Å². The number of aromatic nitrogens is 1. The molecule has 0 saturated carbocycles. The number of hydrogen-bond donors (Lipinski definition) is 0. The summed E-state index contributed by atoms with van der Waals surface area (Å²) in [5, 5.41) is 0.232. The number of hydrogen-bond acceptors (Lipinski definition) is 3. The number of alkyl halides is 6. The van der Waals surface area contributed by atoms with Crippen LogP contribution in [0.2, 0.25) is 15.2 Å². The van der Waals surface area contributed by atoms with Crippen LogP contribution in [0.25, 0.3) is 0 Å². The standard InChI is InChI=1S/C26H19Cl3F6N2O/c27-18-9-17(10-19(28)11-18)24(26(33,34)35)7-8-37(14-24)20-4-1-15(21(12-20)25(30,31)32)2-5-22(38)16-3-6-23(29)36-13-16/h1,3-4,6,9-13H,2,5,7-8,14H2. The van der Waals surface area contributed by atoms with Crippen LogP contribution in [-0.2, 0) is 18.0 Å². The zero-order chi connectivity index (χ0) is 27.9. The molecule has 1 saturated heterocycles. The van der Waals surface area contributed by atoms with E-state index < -0.39 is 35.7 Å². The van der Waals surface area contributed by atoms with Crippen molar-refractivity contribution in [3.8, 4) is 0 Å². The van der Waals surface area contributed by atoms with Gasteiger partial charge in [-0.25, -0.2) is 4.98 Å². The number of nitrogens with zero attached hydrogens (tertiary/aromatic N) is 2. The Labute approximate surface area is 229 Å². The van der Waals surface area contributed by atoms with Gasteiger partial charge in [-0.1, -0.05) is 40.9 Å². The van der Waals surface area contributed by atoms with Crippen LogP contribution >= 0.6 is 34.8 Å². The molecule has 0 amide bonds. The minimum Gasteiger partial charge on any atom is -0.370 e. The van der Waals surface area contributed by atoms with Gasteiger partial charge in [0.05, 0.1) is 5.56 Å². The Morgan fingerprint density at radius 1 is 0.947 bits per heavy atom. The lowest BCUT2D eigenvalue weighted by Crippen LogP contribution is -2.44. The van der Waals surface area contributed by atoms with Crippen molar-refractivity contribution in [2.75, 3.05) is 18.0 Å². The lowest BCUT2D eigenvalue weighted by Gasteiger charge is -2.33. The number of halogens is 9. The second-order valence-electron chi connectivity index (χ2n) is 9.04. The number of pyridine rings is 1. The van der Waals surface area contributed by atoms with Crippen LogP contribution < -0.4 is 4.90 Å². The summed E-state index contributed by atoms with van der Waals surface area (Å²) in [5.74, 6) is -0.416. The van der Waals surface area contributed by atoms with Crippen molar-refractivity contribution in [3.05, 3.63) is 92.2 Å². The smallest absolute Gasteiger partial charge is 0.370 e. The third-order valence-corrected chi connectivity index (χ3v) is 7.32. The minimum absolute atomic E-state index is 0.00597. The fourth-order valence-corrected chi connectivity index (χ4v) is 5.31. The van der Waals surface area contributed by atoms with Gasteiger partial charge in [0.15, 0.2) is 5.78 Å². The maximum atomic E-state index is 14.4. The van der Waals surface area contributed by atoms with Crippen molar-refractivity contribution >= 4 is 46.3 Å². The summed E-state index contributed by atoms with van der Waals surface area (Å²) in [6, 6.07) is 9.89. The summed E-state index contributed by atoms with van der Waals surface area (Å²) >= 11 is 17.6. The van der Waals surface area contributed by atoms with Crippen LogP contribution in [0.5, 0.6) is 0 Å². The molecule has 0 aliphatic carbocycles. The van der Waals surface area contributed by atoms with Crippen molar-refractivity contribution < 1.29 is 31.1 Å². The molecule has 1 atom stereocenters. The van der Waals surface area contributed by atoms with Crippen molar-refractivity contribution in [3.63, 3.8) is 0 Å². The van der Waals surface area contributed by atoms with Crippen molar-refractivity contribution in [2.24, 2.45) is 0 Å². The first-order valence-electron chi connectivity index (χ1n) is 11.3. The maximum Gasteiger partial charge on any atom is 0.416 e. The normalized spacial score (nSPS) is 18.2. The van der Waals surface area contributed by atoms with E-state index in [1.54, 1.807) is 0 Å². The van der Waals surface area contributed by atoms with Gasteiger partial charge in [-0.15, -0.1) is 0 Å². The number of ketones is 1. The molecule has 3 nitrogen and oxygen atoms in total. The summed E-state index contributed by atoms with van der Waals surface area (Å²) in [4.78, 5) is 17.5. The quantitative estimate of drug-likeness (QED) is 0.163. The summed E-state index contributed by atoms with van der Waals surface area (Å²) in [5.41, 5.74) is -3.45. The Morgan fingerprint density at radius 2 is 1.63 bits per heavy atom. The van der Waals surface area contributed by atoms with Crippen molar-refractivity contribution in [1.82, 2.24) is 4.98 Å². The number of Topliss-reactive ketones (excluding diaryl/α,β-unsaturated/α-hetero) is 1. The van der Waals surface area contributed by atoms with Gasteiger partial charge >= 0.3 is 12.4 Å². The highest BCUT2D eigenvalue weighted by Gasteiger charge is 2.59. The molecule has 2 aromatic carbocycles. The Morgan fingerprint density at radius 3 is 2.21 bits per heavy atom. The highest BCUT2D eigenvalue weighted by Crippen LogP contribution is 2.50. The van der Waals surface area contributed by atoms with Gasteiger partial charge in [-0.2, -0.15) is 26.3 Å². The first-order chi connectivity index (χ1) is 17.7. The number of carbonyl (C=O) groups is 1. The van der Waals surface area contributed by atoms with E-state index in [0.717, 1.165) is 6.07 Å². The third-order valence-electron chi connectivity index (χ3n) is 6.66. The molecule has 3 aromatic rings. The predicted molar refractivity (Wildman–Crippen MR) is 134 cm³/mol. The van der Waals surface area contributed by atoms with Crippen LogP contribution in [0.4, 0.5) is 32.0 Å². The predicted octanol–water partition coefficient (Wildman–Crippen LogP) is 8.59. The molecule has 1 fully saturated rings. The second-order valence-corrected chi connectivity index (χ2v) is 10.3. The van der Waals surface area contributed by atoms with Gasteiger partial charge in [0, 0.05) is 47.0 Å². The molecule has 0 spiro atoms. The van der Waals surface area contributed by atoms with Crippen LogP contribution in [0.1, 0.15) is 39.9 Å². The van der Waals surface area contributed by atoms with Gasteiger partial charge in [-0.3, -0.25) is 4.79 Å². The molecule has 12 heteroatoms. The van der Waals surface area contributed by atoms with Crippen LogP contribution in [0, 0.1) is 0 Å².